The molecule has 0 spiro atoms. The Morgan fingerprint density at radius 3 is 3.00 bits per heavy atom. The van der Waals surface area contributed by atoms with Gasteiger partial charge in [0.2, 0.25) is 0 Å². The van der Waals surface area contributed by atoms with Gasteiger partial charge in [0.15, 0.2) is 11.7 Å². The summed E-state index contributed by atoms with van der Waals surface area (Å²) in [5, 5.41) is 7.35. The number of nitrogens with zero attached hydrogens (tertiary/aromatic N) is 3. The number of piperidine rings is 1. The minimum atomic E-state index is -0.116. The lowest BCUT2D eigenvalue weighted by Gasteiger charge is -2.33. The molecule has 0 aromatic carbocycles. The summed E-state index contributed by atoms with van der Waals surface area (Å²) in [6.45, 7) is 8.45. The maximum absolute atomic E-state index is 12.0. The van der Waals surface area contributed by atoms with E-state index in [0.29, 0.717) is 25.6 Å². The minimum absolute atomic E-state index is 0.0879. The fourth-order valence-corrected chi connectivity index (χ4v) is 2.80. The maximum atomic E-state index is 12.0. The number of ether oxygens (including phenoxy) is 1. The Morgan fingerprint density at radius 1 is 1.58 bits per heavy atom. The molecule has 2 rings (SSSR count). The summed E-state index contributed by atoms with van der Waals surface area (Å²) in [5.41, 5.74) is 0.946. The summed E-state index contributed by atoms with van der Waals surface area (Å²) in [6, 6.07) is 1.96. The molecule has 1 aromatic heterocycles. The van der Waals surface area contributed by atoms with Crippen LogP contribution < -0.4 is 5.32 Å². The van der Waals surface area contributed by atoms with Crippen LogP contribution in [0.5, 0.6) is 0 Å². The van der Waals surface area contributed by atoms with Gasteiger partial charge in [-0.1, -0.05) is 19.0 Å². The normalized spacial score (nSPS) is 18.8. The van der Waals surface area contributed by atoms with Crippen molar-refractivity contribution in [3.05, 3.63) is 17.5 Å². The second kappa shape index (κ2) is 8.70. The van der Waals surface area contributed by atoms with Crippen molar-refractivity contribution < 1.29 is 14.1 Å². The lowest BCUT2D eigenvalue weighted by molar-refractivity contribution is -0.149. The van der Waals surface area contributed by atoms with Crippen molar-refractivity contribution in [2.24, 2.45) is 10.9 Å². The molecular formula is C17H28N4O3. The highest BCUT2D eigenvalue weighted by Crippen LogP contribution is 2.18. The highest BCUT2D eigenvalue weighted by molar-refractivity contribution is 5.81. The highest BCUT2D eigenvalue weighted by atomic mass is 16.5. The Bertz CT molecular complexity index is 568. The van der Waals surface area contributed by atoms with Crippen LogP contribution in [0.15, 0.2) is 15.6 Å². The molecule has 1 aliphatic rings. The average molecular weight is 336 g/mol. The zero-order valence-electron chi connectivity index (χ0n) is 15.0. The standard InChI is InChI=1S/C17H28N4O3/c1-5-23-16(22)13-7-6-8-21(11-13)17(18-4)19-10-14-9-15(12(2)3)20-24-14/h9,12-13H,5-8,10-11H2,1-4H3,(H,18,19). The molecule has 1 aromatic rings. The molecule has 2 heterocycles. The van der Waals surface area contributed by atoms with Gasteiger partial charge in [-0.3, -0.25) is 9.79 Å². The third-order valence-electron chi connectivity index (χ3n) is 4.14. The molecule has 7 heteroatoms. The Kier molecular flexibility index (Phi) is 6.63. The minimum Gasteiger partial charge on any atom is -0.466 e. The molecule has 1 saturated heterocycles. The molecule has 1 unspecified atom stereocenters. The Balaban J connectivity index is 1.91. The van der Waals surface area contributed by atoms with Crippen molar-refractivity contribution in [3.63, 3.8) is 0 Å². The van der Waals surface area contributed by atoms with Crippen LogP contribution in [0.25, 0.3) is 0 Å². The topological polar surface area (TPSA) is 80.0 Å². The van der Waals surface area contributed by atoms with Gasteiger partial charge in [-0.25, -0.2) is 0 Å². The first kappa shape index (κ1) is 18.3. The van der Waals surface area contributed by atoms with Crippen molar-refractivity contribution >= 4 is 11.9 Å². The summed E-state index contributed by atoms with van der Waals surface area (Å²) < 4.78 is 10.5. The number of guanidine groups is 1. The molecule has 0 bridgehead atoms. The molecule has 24 heavy (non-hydrogen) atoms. The van der Waals surface area contributed by atoms with E-state index in [1.807, 2.05) is 13.0 Å². The molecule has 0 aliphatic carbocycles. The predicted molar refractivity (Wildman–Crippen MR) is 91.7 cm³/mol. The number of esters is 1. The second-order valence-electron chi connectivity index (χ2n) is 6.31. The first-order valence-electron chi connectivity index (χ1n) is 8.62. The Hall–Kier alpha value is -2.05. The third kappa shape index (κ3) is 4.72. The number of carbonyl (C=O) groups is 1. The summed E-state index contributed by atoms with van der Waals surface area (Å²) in [5.74, 6) is 1.68. The van der Waals surface area contributed by atoms with Gasteiger partial charge in [-0.15, -0.1) is 0 Å². The van der Waals surface area contributed by atoms with Crippen LogP contribution in [-0.4, -0.2) is 48.7 Å². The zero-order chi connectivity index (χ0) is 17.5. The van der Waals surface area contributed by atoms with Gasteiger partial charge in [-0.2, -0.15) is 0 Å². The predicted octanol–water partition coefficient (Wildman–Crippen LogP) is 2.15. The first-order valence-corrected chi connectivity index (χ1v) is 8.62. The smallest absolute Gasteiger partial charge is 0.310 e. The Labute approximate surface area is 143 Å². The molecular weight excluding hydrogens is 308 g/mol. The van der Waals surface area contributed by atoms with E-state index in [1.165, 1.54) is 0 Å². The van der Waals surface area contributed by atoms with E-state index in [9.17, 15) is 4.79 Å². The van der Waals surface area contributed by atoms with Crippen LogP contribution in [0.4, 0.5) is 0 Å². The Morgan fingerprint density at radius 2 is 2.38 bits per heavy atom. The van der Waals surface area contributed by atoms with E-state index < -0.39 is 0 Å². The van der Waals surface area contributed by atoms with E-state index in [1.54, 1.807) is 7.05 Å². The molecule has 0 amide bonds. The van der Waals surface area contributed by atoms with Crippen molar-refractivity contribution in [2.45, 2.75) is 46.1 Å². The van der Waals surface area contributed by atoms with E-state index in [2.05, 4.69) is 34.2 Å². The summed E-state index contributed by atoms with van der Waals surface area (Å²) in [4.78, 5) is 18.4. The number of hydrogen-bond acceptors (Lipinski definition) is 5. The number of hydrogen-bond donors (Lipinski definition) is 1. The van der Waals surface area contributed by atoms with Crippen molar-refractivity contribution in [3.8, 4) is 0 Å². The van der Waals surface area contributed by atoms with Gasteiger partial charge in [0.05, 0.1) is 24.8 Å². The molecule has 0 radical (unpaired) electrons. The molecule has 134 valence electrons. The molecule has 1 fully saturated rings. The maximum Gasteiger partial charge on any atom is 0.310 e. The van der Waals surface area contributed by atoms with Crippen LogP contribution >= 0.6 is 0 Å². The van der Waals surface area contributed by atoms with Crippen LogP contribution in [-0.2, 0) is 16.1 Å². The highest BCUT2D eigenvalue weighted by Gasteiger charge is 2.28. The molecule has 0 saturated carbocycles. The number of aliphatic imine (C=N–C) groups is 1. The molecule has 1 aliphatic heterocycles. The van der Waals surface area contributed by atoms with Crippen LogP contribution in [0.1, 0.15) is 51.0 Å². The number of nitrogens with one attached hydrogen (secondary N) is 1. The van der Waals surface area contributed by atoms with Gasteiger partial charge >= 0.3 is 5.97 Å². The van der Waals surface area contributed by atoms with Crippen LogP contribution in [0.2, 0.25) is 0 Å². The van der Waals surface area contributed by atoms with Gasteiger partial charge < -0.3 is 19.5 Å². The molecule has 1 atom stereocenters. The molecule has 7 nitrogen and oxygen atoms in total. The molecule has 1 N–H and O–H groups in total. The largest absolute Gasteiger partial charge is 0.466 e. The third-order valence-corrected chi connectivity index (χ3v) is 4.14. The fraction of sp³-hybridized carbons (Fsp3) is 0.706. The van der Waals surface area contributed by atoms with Crippen molar-refractivity contribution in [2.75, 3.05) is 26.7 Å². The van der Waals surface area contributed by atoms with Crippen molar-refractivity contribution in [1.82, 2.24) is 15.4 Å². The summed E-state index contributed by atoms with van der Waals surface area (Å²) >= 11 is 0. The quantitative estimate of drug-likeness (QED) is 0.504. The lowest BCUT2D eigenvalue weighted by atomic mass is 9.98. The van der Waals surface area contributed by atoms with E-state index in [-0.39, 0.29) is 11.9 Å². The van der Waals surface area contributed by atoms with E-state index in [0.717, 1.165) is 36.8 Å². The number of rotatable bonds is 5. The summed E-state index contributed by atoms with van der Waals surface area (Å²) in [7, 11) is 1.75. The van der Waals surface area contributed by atoms with Crippen molar-refractivity contribution in [1.29, 1.82) is 0 Å². The van der Waals surface area contributed by atoms with E-state index >= 15 is 0 Å². The first-order chi connectivity index (χ1) is 11.5. The average Bonchev–Trinajstić information content (AvgIpc) is 3.05. The number of aromatic nitrogens is 1. The number of likely N-dealkylation sites (tertiary alicyclic amines) is 1. The monoisotopic (exact) mass is 336 g/mol. The van der Waals surface area contributed by atoms with Gasteiger partial charge in [-0.05, 0) is 25.7 Å². The fourth-order valence-electron chi connectivity index (χ4n) is 2.80. The second-order valence-corrected chi connectivity index (χ2v) is 6.31. The van der Waals surface area contributed by atoms with Crippen LogP contribution in [0, 0.1) is 5.92 Å². The SMILES string of the molecule is CCOC(=O)C1CCCN(C(=NC)NCc2cc(C(C)C)no2)C1. The zero-order valence-corrected chi connectivity index (χ0v) is 15.0. The van der Waals surface area contributed by atoms with Gasteiger partial charge in [0.25, 0.3) is 0 Å². The van der Waals surface area contributed by atoms with Crippen LogP contribution in [0.3, 0.4) is 0 Å². The van der Waals surface area contributed by atoms with Gasteiger partial charge in [0.1, 0.15) is 0 Å². The lowest BCUT2D eigenvalue weighted by Crippen LogP contribution is -2.48. The summed E-state index contributed by atoms with van der Waals surface area (Å²) in [6.07, 6.45) is 1.82. The van der Waals surface area contributed by atoms with E-state index in [4.69, 9.17) is 9.26 Å². The van der Waals surface area contributed by atoms with Gasteiger partial charge in [0, 0.05) is 26.2 Å². The number of carbonyl (C=O) groups excluding carboxylic acids is 1.